The Morgan fingerprint density at radius 3 is 2.52 bits per heavy atom. The van der Waals surface area contributed by atoms with Crippen molar-refractivity contribution < 1.29 is 24.2 Å². The Labute approximate surface area is 157 Å². The lowest BCUT2D eigenvalue weighted by Gasteiger charge is -2.23. The van der Waals surface area contributed by atoms with Gasteiger partial charge in [0.2, 0.25) is 0 Å². The van der Waals surface area contributed by atoms with E-state index in [1.165, 1.54) is 6.92 Å². The number of hydrogen-bond acceptors (Lipinski definition) is 5. The van der Waals surface area contributed by atoms with Crippen molar-refractivity contribution >= 4 is 18.3 Å². The number of H-pyrrole nitrogens is 1. The summed E-state index contributed by atoms with van der Waals surface area (Å²) in [6, 6.07) is 10.0. The predicted octanol–water partition coefficient (Wildman–Crippen LogP) is 1.66. The van der Waals surface area contributed by atoms with Gasteiger partial charge in [-0.1, -0.05) is 30.3 Å². The predicted molar refractivity (Wildman–Crippen MR) is 97.9 cm³/mol. The van der Waals surface area contributed by atoms with E-state index in [1.54, 1.807) is 11.8 Å². The van der Waals surface area contributed by atoms with Crippen LogP contribution in [0.5, 0.6) is 0 Å². The fraction of sp³-hybridized carbons (Fsp3) is 0.368. The number of carboxylic acid groups (broad SMARTS) is 1. The minimum absolute atomic E-state index is 0.149. The highest BCUT2D eigenvalue weighted by atomic mass is 16.5. The largest absolute Gasteiger partial charge is 0.483 e. The molecule has 2 N–H and O–H groups in total. The van der Waals surface area contributed by atoms with E-state index in [4.69, 9.17) is 14.6 Å². The number of nitrogens with zero attached hydrogens (tertiary/aromatic N) is 2. The van der Waals surface area contributed by atoms with E-state index in [-0.39, 0.29) is 12.4 Å². The first kappa shape index (κ1) is 20.2. The summed E-state index contributed by atoms with van der Waals surface area (Å²) in [6.07, 6.45) is 0.702. The van der Waals surface area contributed by atoms with Crippen LogP contribution in [0.2, 0.25) is 0 Å². The molecule has 0 saturated carbocycles. The summed E-state index contributed by atoms with van der Waals surface area (Å²) in [5.74, 6) is -0.587. The van der Waals surface area contributed by atoms with E-state index in [0.717, 1.165) is 28.9 Å². The van der Waals surface area contributed by atoms with Crippen LogP contribution in [0, 0.1) is 0 Å². The topological polar surface area (TPSA) is 113 Å². The van der Waals surface area contributed by atoms with Crippen molar-refractivity contribution in [2.75, 3.05) is 13.1 Å². The number of nitrogens with one attached hydrogen (secondary N) is 1. The van der Waals surface area contributed by atoms with Crippen molar-refractivity contribution in [2.45, 2.75) is 32.8 Å². The van der Waals surface area contributed by atoms with Gasteiger partial charge in [0.05, 0.1) is 5.69 Å². The Morgan fingerprint density at radius 1 is 1.26 bits per heavy atom. The van der Waals surface area contributed by atoms with Gasteiger partial charge in [-0.15, -0.1) is 0 Å². The molecular formula is C19H23N3O5. The molecule has 0 bridgehead atoms. The Balaban J connectivity index is 0.000000817. The van der Waals surface area contributed by atoms with Gasteiger partial charge in [0, 0.05) is 43.3 Å². The van der Waals surface area contributed by atoms with Crippen molar-refractivity contribution in [1.29, 1.82) is 0 Å². The number of carbonyl (C=O) groups excluding carboxylic acids is 2. The van der Waals surface area contributed by atoms with Crippen molar-refractivity contribution in [1.82, 2.24) is 15.1 Å². The summed E-state index contributed by atoms with van der Waals surface area (Å²) < 4.78 is 5.01. The molecule has 0 aliphatic carbocycles. The van der Waals surface area contributed by atoms with E-state index in [0.29, 0.717) is 19.5 Å². The summed E-state index contributed by atoms with van der Waals surface area (Å²) >= 11 is 0. The molecule has 2 aromatic rings. The van der Waals surface area contributed by atoms with Gasteiger partial charge in [0.25, 0.3) is 12.4 Å². The molecule has 27 heavy (non-hydrogen) atoms. The summed E-state index contributed by atoms with van der Waals surface area (Å²) in [5.41, 5.74) is 4.26. The maximum absolute atomic E-state index is 12.4. The van der Waals surface area contributed by atoms with Crippen LogP contribution >= 0.6 is 0 Å². The van der Waals surface area contributed by atoms with Crippen LogP contribution in [0.1, 0.15) is 25.1 Å². The molecule has 0 radical (unpaired) electrons. The van der Waals surface area contributed by atoms with Gasteiger partial charge in [-0.2, -0.15) is 5.10 Å². The third-order valence-corrected chi connectivity index (χ3v) is 4.27. The van der Waals surface area contributed by atoms with E-state index < -0.39 is 12.1 Å². The molecule has 8 heteroatoms. The number of aromatic nitrogens is 2. The number of carbonyl (C=O) groups is 3. The zero-order valence-corrected chi connectivity index (χ0v) is 15.3. The molecule has 1 aromatic carbocycles. The second-order valence-corrected chi connectivity index (χ2v) is 6.08. The van der Waals surface area contributed by atoms with Crippen molar-refractivity contribution in [3.63, 3.8) is 0 Å². The third kappa shape index (κ3) is 5.16. The molecular weight excluding hydrogens is 350 g/mol. The van der Waals surface area contributed by atoms with Gasteiger partial charge < -0.3 is 14.7 Å². The lowest BCUT2D eigenvalue weighted by atomic mass is 10.0. The van der Waals surface area contributed by atoms with Crippen molar-refractivity contribution in [2.24, 2.45) is 0 Å². The number of aromatic amines is 1. The van der Waals surface area contributed by atoms with Crippen LogP contribution in [0.25, 0.3) is 11.3 Å². The van der Waals surface area contributed by atoms with Gasteiger partial charge in [-0.3, -0.25) is 19.5 Å². The van der Waals surface area contributed by atoms with Gasteiger partial charge in [0.1, 0.15) is 0 Å². The first-order valence-electron chi connectivity index (χ1n) is 8.63. The zero-order valence-electron chi connectivity index (χ0n) is 15.3. The minimum atomic E-state index is -0.745. The Hall–Kier alpha value is -3.16. The second kappa shape index (κ2) is 9.51. The Morgan fingerprint density at radius 2 is 1.89 bits per heavy atom. The summed E-state index contributed by atoms with van der Waals surface area (Å²) in [5, 5.41) is 14.5. The van der Waals surface area contributed by atoms with E-state index in [1.807, 2.05) is 30.3 Å². The lowest BCUT2D eigenvalue weighted by molar-refractivity contribution is -0.157. The number of ether oxygens (including phenoxy) is 1. The number of amides is 1. The molecule has 0 fully saturated rings. The first-order chi connectivity index (χ1) is 13.0. The molecule has 1 amide bonds. The number of esters is 1. The highest BCUT2D eigenvalue weighted by molar-refractivity contribution is 5.83. The first-order valence-corrected chi connectivity index (χ1v) is 8.63. The van der Waals surface area contributed by atoms with Crippen LogP contribution in [0.4, 0.5) is 0 Å². The monoisotopic (exact) mass is 373 g/mol. The standard InChI is InChI=1S/C18H21N3O3.CH2O2/c1-12(24-13(2)22)18(23)21-10-8-15-16(9-11-21)19-20-17(15)14-6-4-3-5-7-14;2-1-3/h3-7,12H,8-11H2,1-2H3,(H,19,20);1H,(H,2,3). The molecule has 2 heterocycles. The van der Waals surface area contributed by atoms with Gasteiger partial charge in [-0.05, 0) is 13.3 Å². The van der Waals surface area contributed by atoms with Crippen LogP contribution in [-0.2, 0) is 32.0 Å². The Bertz CT molecular complexity index is 788. The van der Waals surface area contributed by atoms with Gasteiger partial charge in [-0.25, -0.2) is 0 Å². The van der Waals surface area contributed by atoms with Gasteiger partial charge in [0.15, 0.2) is 6.10 Å². The molecule has 1 aliphatic heterocycles. The molecule has 3 rings (SSSR count). The molecule has 0 spiro atoms. The summed E-state index contributed by atoms with van der Waals surface area (Å²) in [4.78, 5) is 33.6. The SMILES string of the molecule is CC(=O)OC(C)C(=O)N1CCc2[nH]nc(-c3ccccc3)c2CC1.O=CO. The number of benzene rings is 1. The molecule has 1 atom stereocenters. The summed E-state index contributed by atoms with van der Waals surface area (Å²) in [6.45, 7) is 3.87. The lowest BCUT2D eigenvalue weighted by Crippen LogP contribution is -2.41. The average Bonchev–Trinajstić information content (AvgIpc) is 2.93. The fourth-order valence-corrected chi connectivity index (χ4v) is 3.09. The van der Waals surface area contributed by atoms with Crippen LogP contribution < -0.4 is 0 Å². The molecule has 1 aromatic heterocycles. The maximum Gasteiger partial charge on any atom is 0.303 e. The van der Waals surface area contributed by atoms with E-state index >= 15 is 0 Å². The van der Waals surface area contributed by atoms with Crippen LogP contribution in [-0.4, -0.2) is 57.7 Å². The van der Waals surface area contributed by atoms with Crippen LogP contribution in [0.15, 0.2) is 30.3 Å². The van der Waals surface area contributed by atoms with Crippen molar-refractivity contribution in [3.8, 4) is 11.3 Å². The number of fused-ring (bicyclic) bond motifs is 1. The van der Waals surface area contributed by atoms with E-state index in [2.05, 4.69) is 10.2 Å². The second-order valence-electron chi connectivity index (χ2n) is 6.08. The third-order valence-electron chi connectivity index (χ3n) is 4.27. The highest BCUT2D eigenvalue weighted by Gasteiger charge is 2.26. The highest BCUT2D eigenvalue weighted by Crippen LogP contribution is 2.26. The quantitative estimate of drug-likeness (QED) is 0.625. The molecule has 8 nitrogen and oxygen atoms in total. The number of hydrogen-bond donors (Lipinski definition) is 2. The summed E-state index contributed by atoms with van der Waals surface area (Å²) in [7, 11) is 0. The average molecular weight is 373 g/mol. The smallest absolute Gasteiger partial charge is 0.303 e. The molecule has 1 aliphatic rings. The fourth-order valence-electron chi connectivity index (χ4n) is 3.09. The van der Waals surface area contributed by atoms with Crippen LogP contribution in [0.3, 0.4) is 0 Å². The number of rotatable bonds is 3. The minimum Gasteiger partial charge on any atom is -0.483 e. The van der Waals surface area contributed by atoms with E-state index in [9.17, 15) is 9.59 Å². The zero-order chi connectivity index (χ0) is 19.8. The van der Waals surface area contributed by atoms with Crippen molar-refractivity contribution in [3.05, 3.63) is 41.6 Å². The maximum atomic E-state index is 12.4. The molecule has 0 saturated heterocycles. The normalized spacial score (nSPS) is 14.1. The molecule has 144 valence electrons. The molecule has 1 unspecified atom stereocenters. The Kier molecular flexibility index (Phi) is 7.10. The van der Waals surface area contributed by atoms with Gasteiger partial charge >= 0.3 is 5.97 Å².